The highest BCUT2D eigenvalue weighted by Gasteiger charge is 2.06. The molecule has 6 heteroatoms. The molecule has 2 aromatic heterocycles. The summed E-state index contributed by atoms with van der Waals surface area (Å²) in [6, 6.07) is 3.38. The molecule has 78 valence electrons. The lowest BCUT2D eigenvalue weighted by Gasteiger charge is -1.98. The minimum Gasteiger partial charge on any atom is -0.449 e. The van der Waals surface area contributed by atoms with Gasteiger partial charge in [0, 0.05) is 12.4 Å². The summed E-state index contributed by atoms with van der Waals surface area (Å²) in [5.74, 6) is 0.581. The lowest BCUT2D eigenvalue weighted by Crippen LogP contribution is -1.89. The van der Waals surface area contributed by atoms with Crippen molar-refractivity contribution in [2.24, 2.45) is 0 Å². The standard InChI is InChI=1S/C9H6ClFN2OS/c10-7-2-1-6(14-7)5-15-9-8(11)12-3-4-13-9/h1-4H,5H2. The van der Waals surface area contributed by atoms with Gasteiger partial charge in [-0.15, -0.1) is 0 Å². The van der Waals surface area contributed by atoms with E-state index in [-0.39, 0.29) is 5.03 Å². The van der Waals surface area contributed by atoms with Crippen molar-refractivity contribution in [3.63, 3.8) is 0 Å². The van der Waals surface area contributed by atoms with Crippen LogP contribution in [0.5, 0.6) is 0 Å². The highest BCUT2D eigenvalue weighted by atomic mass is 35.5. The molecule has 0 unspecified atom stereocenters. The molecule has 0 N–H and O–H groups in total. The van der Waals surface area contributed by atoms with E-state index in [4.69, 9.17) is 16.0 Å². The van der Waals surface area contributed by atoms with Crippen LogP contribution < -0.4 is 0 Å². The van der Waals surface area contributed by atoms with E-state index in [1.807, 2.05) is 0 Å². The van der Waals surface area contributed by atoms with Crippen molar-refractivity contribution in [2.45, 2.75) is 10.8 Å². The van der Waals surface area contributed by atoms with Crippen LogP contribution >= 0.6 is 23.4 Å². The number of hydrogen-bond donors (Lipinski definition) is 0. The largest absolute Gasteiger partial charge is 0.449 e. The van der Waals surface area contributed by atoms with E-state index >= 15 is 0 Å². The summed E-state index contributed by atoms with van der Waals surface area (Å²) in [6.45, 7) is 0. The summed E-state index contributed by atoms with van der Waals surface area (Å²) >= 11 is 6.81. The third-order valence-electron chi connectivity index (χ3n) is 1.60. The topological polar surface area (TPSA) is 38.9 Å². The second-order valence-electron chi connectivity index (χ2n) is 2.65. The second-order valence-corrected chi connectivity index (χ2v) is 3.98. The van der Waals surface area contributed by atoms with Gasteiger partial charge in [-0.1, -0.05) is 11.8 Å². The Morgan fingerprint density at radius 1 is 1.33 bits per heavy atom. The zero-order valence-corrected chi connectivity index (χ0v) is 9.06. The van der Waals surface area contributed by atoms with Gasteiger partial charge in [-0.05, 0) is 23.7 Å². The van der Waals surface area contributed by atoms with Gasteiger partial charge in [0.05, 0.1) is 5.75 Å². The second kappa shape index (κ2) is 4.63. The van der Waals surface area contributed by atoms with Gasteiger partial charge in [0.2, 0.25) is 5.95 Å². The Morgan fingerprint density at radius 2 is 2.13 bits per heavy atom. The number of hydrogen-bond acceptors (Lipinski definition) is 4. The molecule has 0 aliphatic heterocycles. The zero-order chi connectivity index (χ0) is 10.7. The monoisotopic (exact) mass is 244 g/mol. The van der Waals surface area contributed by atoms with Crippen LogP contribution in [-0.2, 0) is 5.75 Å². The lowest BCUT2D eigenvalue weighted by molar-refractivity contribution is 0.529. The van der Waals surface area contributed by atoms with E-state index in [0.29, 0.717) is 16.7 Å². The van der Waals surface area contributed by atoms with Crippen LogP contribution in [0.1, 0.15) is 5.76 Å². The smallest absolute Gasteiger partial charge is 0.245 e. The van der Waals surface area contributed by atoms with Gasteiger partial charge >= 0.3 is 0 Å². The molecule has 2 rings (SSSR count). The van der Waals surface area contributed by atoms with Crippen molar-refractivity contribution < 1.29 is 8.81 Å². The summed E-state index contributed by atoms with van der Waals surface area (Å²) in [5.41, 5.74) is 0. The maximum Gasteiger partial charge on any atom is 0.245 e. The van der Waals surface area contributed by atoms with Crippen molar-refractivity contribution in [1.82, 2.24) is 9.97 Å². The van der Waals surface area contributed by atoms with Crippen molar-refractivity contribution in [3.05, 3.63) is 41.5 Å². The Kier molecular flexibility index (Phi) is 3.23. The molecule has 2 aromatic rings. The predicted octanol–water partition coefficient (Wildman–Crippen LogP) is 3.15. The van der Waals surface area contributed by atoms with E-state index < -0.39 is 5.95 Å². The lowest BCUT2D eigenvalue weighted by atomic mass is 10.5. The maximum atomic E-state index is 13.0. The number of thioether (sulfide) groups is 1. The first-order chi connectivity index (χ1) is 7.25. The normalized spacial score (nSPS) is 10.5. The van der Waals surface area contributed by atoms with Crippen molar-refractivity contribution >= 4 is 23.4 Å². The highest BCUT2D eigenvalue weighted by Crippen LogP contribution is 2.24. The van der Waals surface area contributed by atoms with Crippen LogP contribution in [0.2, 0.25) is 5.22 Å². The van der Waals surface area contributed by atoms with Gasteiger partial charge in [-0.3, -0.25) is 0 Å². The van der Waals surface area contributed by atoms with Crippen LogP contribution in [0.4, 0.5) is 4.39 Å². The minimum atomic E-state index is -0.569. The van der Waals surface area contributed by atoms with E-state index in [1.165, 1.54) is 24.2 Å². The molecule has 0 fully saturated rings. The molecular weight excluding hydrogens is 239 g/mol. The van der Waals surface area contributed by atoms with Gasteiger partial charge in [0.25, 0.3) is 0 Å². The van der Waals surface area contributed by atoms with Gasteiger partial charge in [0.15, 0.2) is 10.2 Å². The molecule has 0 bridgehead atoms. The fourth-order valence-corrected chi connectivity index (χ4v) is 1.88. The van der Waals surface area contributed by atoms with E-state index in [9.17, 15) is 4.39 Å². The predicted molar refractivity (Wildman–Crippen MR) is 55.3 cm³/mol. The Balaban J connectivity index is 2.02. The molecule has 0 atom stereocenters. The number of halogens is 2. The highest BCUT2D eigenvalue weighted by molar-refractivity contribution is 7.98. The summed E-state index contributed by atoms with van der Waals surface area (Å²) in [7, 11) is 0. The number of furan rings is 1. The van der Waals surface area contributed by atoms with Crippen molar-refractivity contribution in [3.8, 4) is 0 Å². The summed E-state index contributed by atoms with van der Waals surface area (Å²) < 4.78 is 18.2. The van der Waals surface area contributed by atoms with E-state index in [1.54, 1.807) is 12.1 Å². The Hall–Kier alpha value is -1.07. The van der Waals surface area contributed by atoms with Crippen molar-refractivity contribution in [2.75, 3.05) is 0 Å². The van der Waals surface area contributed by atoms with Crippen LogP contribution in [0.3, 0.4) is 0 Å². The Morgan fingerprint density at radius 3 is 2.80 bits per heavy atom. The van der Waals surface area contributed by atoms with Crippen LogP contribution in [-0.4, -0.2) is 9.97 Å². The summed E-state index contributed by atoms with van der Waals surface area (Å²) in [5, 5.41) is 0.579. The minimum absolute atomic E-state index is 0.255. The molecule has 0 radical (unpaired) electrons. The molecule has 0 aliphatic rings. The fraction of sp³-hybridized carbons (Fsp3) is 0.111. The quantitative estimate of drug-likeness (QED) is 0.778. The van der Waals surface area contributed by atoms with Crippen LogP contribution in [0, 0.1) is 5.95 Å². The number of rotatable bonds is 3. The third kappa shape index (κ3) is 2.70. The first-order valence-corrected chi connectivity index (χ1v) is 5.45. The van der Waals surface area contributed by atoms with Gasteiger partial charge < -0.3 is 4.42 Å². The molecule has 0 saturated carbocycles. The number of nitrogens with zero attached hydrogens (tertiary/aromatic N) is 2. The molecule has 0 aliphatic carbocycles. The van der Waals surface area contributed by atoms with Gasteiger partial charge in [0.1, 0.15) is 5.76 Å². The molecule has 2 heterocycles. The van der Waals surface area contributed by atoms with Crippen LogP contribution in [0.25, 0.3) is 0 Å². The van der Waals surface area contributed by atoms with Crippen molar-refractivity contribution in [1.29, 1.82) is 0 Å². The first kappa shape index (κ1) is 10.4. The molecule has 0 spiro atoms. The molecule has 0 amide bonds. The first-order valence-electron chi connectivity index (χ1n) is 4.09. The molecule has 0 saturated heterocycles. The summed E-state index contributed by atoms with van der Waals surface area (Å²) in [4.78, 5) is 7.34. The number of aromatic nitrogens is 2. The zero-order valence-electron chi connectivity index (χ0n) is 7.48. The van der Waals surface area contributed by atoms with E-state index in [0.717, 1.165) is 0 Å². The fourth-order valence-electron chi connectivity index (χ4n) is 0.974. The average molecular weight is 245 g/mol. The Bertz CT molecular complexity index is 463. The van der Waals surface area contributed by atoms with E-state index in [2.05, 4.69) is 9.97 Å². The molecular formula is C9H6ClFN2OS. The molecule has 0 aromatic carbocycles. The van der Waals surface area contributed by atoms with Gasteiger partial charge in [-0.25, -0.2) is 9.97 Å². The molecule has 3 nitrogen and oxygen atoms in total. The third-order valence-corrected chi connectivity index (χ3v) is 2.78. The van der Waals surface area contributed by atoms with Gasteiger partial charge in [-0.2, -0.15) is 4.39 Å². The van der Waals surface area contributed by atoms with Crippen LogP contribution in [0.15, 0.2) is 34.0 Å². The Labute approximate surface area is 94.7 Å². The SMILES string of the molecule is Fc1nccnc1SCc1ccc(Cl)o1. The molecule has 15 heavy (non-hydrogen) atoms. The summed E-state index contributed by atoms with van der Waals surface area (Å²) in [6.07, 6.45) is 2.75. The maximum absolute atomic E-state index is 13.0. The average Bonchev–Trinajstić information content (AvgIpc) is 2.63.